The highest BCUT2D eigenvalue weighted by Crippen LogP contribution is 2.39. The van der Waals surface area contributed by atoms with Crippen molar-refractivity contribution in [2.45, 2.75) is 26.2 Å². The van der Waals surface area contributed by atoms with Crippen LogP contribution >= 0.6 is 11.3 Å². The first-order valence-corrected chi connectivity index (χ1v) is 10.2. The third-order valence-corrected chi connectivity index (χ3v) is 6.01. The molecule has 1 aliphatic heterocycles. The topological polar surface area (TPSA) is 98.2 Å². The van der Waals surface area contributed by atoms with Crippen LogP contribution in [0.3, 0.4) is 0 Å². The number of nitrogens with one attached hydrogen (secondary N) is 3. The second kappa shape index (κ2) is 9.29. The number of thiophene rings is 1. The highest BCUT2D eigenvalue weighted by molar-refractivity contribution is 7.17. The van der Waals surface area contributed by atoms with Gasteiger partial charge in [-0.25, -0.2) is 4.79 Å². The molecule has 27 heavy (non-hydrogen) atoms. The van der Waals surface area contributed by atoms with Gasteiger partial charge in [0.15, 0.2) is 0 Å². The maximum atomic E-state index is 12.3. The van der Waals surface area contributed by atoms with Crippen molar-refractivity contribution >= 4 is 34.1 Å². The van der Waals surface area contributed by atoms with E-state index in [0.29, 0.717) is 17.1 Å². The van der Waals surface area contributed by atoms with Crippen molar-refractivity contribution < 1.29 is 28.8 Å². The molecule has 2 aliphatic rings. The molecule has 1 saturated heterocycles. The maximum Gasteiger partial charge on any atom is 0.341 e. The van der Waals surface area contributed by atoms with Crippen LogP contribution in [0, 0.1) is 0 Å². The molecule has 1 aromatic rings. The second-order valence-electron chi connectivity index (χ2n) is 6.60. The summed E-state index contributed by atoms with van der Waals surface area (Å²) in [4.78, 5) is 39.1. The molecule has 1 aliphatic carbocycles. The van der Waals surface area contributed by atoms with Gasteiger partial charge in [-0.1, -0.05) is 0 Å². The zero-order valence-electron chi connectivity index (χ0n) is 15.5. The Morgan fingerprint density at radius 3 is 2.70 bits per heavy atom. The molecule has 2 amide bonds. The first-order chi connectivity index (χ1) is 13.1. The molecule has 2 heterocycles. The number of hydrogen-bond donors (Lipinski definition) is 3. The van der Waals surface area contributed by atoms with E-state index in [0.717, 1.165) is 62.6 Å². The maximum absolute atomic E-state index is 12.3. The highest BCUT2D eigenvalue weighted by atomic mass is 32.1. The van der Waals surface area contributed by atoms with E-state index >= 15 is 0 Å². The molecular weight excluding hydrogens is 370 g/mol. The van der Waals surface area contributed by atoms with Gasteiger partial charge in [0.1, 0.15) is 18.1 Å². The van der Waals surface area contributed by atoms with Crippen LogP contribution in [0.25, 0.3) is 0 Å². The largest absolute Gasteiger partial charge is 0.462 e. The predicted molar refractivity (Wildman–Crippen MR) is 100 cm³/mol. The van der Waals surface area contributed by atoms with Crippen molar-refractivity contribution in [1.82, 2.24) is 5.32 Å². The van der Waals surface area contributed by atoms with E-state index < -0.39 is 17.8 Å². The van der Waals surface area contributed by atoms with Crippen LogP contribution in [-0.2, 0) is 31.9 Å². The second-order valence-corrected chi connectivity index (χ2v) is 7.71. The fourth-order valence-electron chi connectivity index (χ4n) is 3.41. The molecule has 148 valence electrons. The molecule has 0 atom stereocenters. The monoisotopic (exact) mass is 396 g/mol. The van der Waals surface area contributed by atoms with Crippen LogP contribution in [0.1, 0.15) is 34.1 Å². The van der Waals surface area contributed by atoms with Gasteiger partial charge in [0.2, 0.25) is 0 Å². The lowest BCUT2D eigenvalue weighted by atomic mass is 10.1. The lowest BCUT2D eigenvalue weighted by molar-refractivity contribution is -0.906. The number of hydrogen-bond acceptors (Lipinski definition) is 6. The Kier molecular flexibility index (Phi) is 6.81. The Hall–Kier alpha value is -1.97. The molecule has 0 saturated carbocycles. The van der Waals surface area contributed by atoms with Gasteiger partial charge in [0.25, 0.3) is 0 Å². The van der Waals surface area contributed by atoms with Crippen molar-refractivity contribution in [3.8, 4) is 0 Å². The minimum atomic E-state index is -0.752. The average molecular weight is 396 g/mol. The van der Waals surface area contributed by atoms with E-state index in [-0.39, 0.29) is 6.61 Å². The number of carbonyl (C=O) groups is 3. The molecule has 0 spiro atoms. The summed E-state index contributed by atoms with van der Waals surface area (Å²) in [5, 5.41) is 5.67. The summed E-state index contributed by atoms with van der Waals surface area (Å²) in [7, 11) is 0. The smallest absolute Gasteiger partial charge is 0.341 e. The number of carbonyl (C=O) groups excluding carboxylic acids is 3. The van der Waals surface area contributed by atoms with Crippen LogP contribution in [-0.4, -0.2) is 63.8 Å². The van der Waals surface area contributed by atoms with Crippen molar-refractivity contribution in [2.24, 2.45) is 0 Å². The molecule has 9 heteroatoms. The van der Waals surface area contributed by atoms with Gasteiger partial charge >= 0.3 is 17.8 Å². The quantitative estimate of drug-likeness (QED) is 0.440. The van der Waals surface area contributed by atoms with E-state index in [2.05, 4.69) is 10.6 Å². The minimum Gasteiger partial charge on any atom is -0.462 e. The summed E-state index contributed by atoms with van der Waals surface area (Å²) in [6.45, 7) is 6.45. The van der Waals surface area contributed by atoms with Crippen LogP contribution in [0.2, 0.25) is 0 Å². The third-order valence-electron chi connectivity index (χ3n) is 4.80. The zero-order valence-corrected chi connectivity index (χ0v) is 16.3. The van der Waals surface area contributed by atoms with Crippen LogP contribution in [0.4, 0.5) is 5.00 Å². The number of quaternary nitrogens is 1. The summed E-state index contributed by atoms with van der Waals surface area (Å²) in [6, 6.07) is 0. The molecule has 0 aromatic carbocycles. The third kappa shape index (κ3) is 4.85. The van der Waals surface area contributed by atoms with Gasteiger partial charge in [-0.3, -0.25) is 9.59 Å². The van der Waals surface area contributed by atoms with E-state index in [1.54, 1.807) is 6.92 Å². The zero-order chi connectivity index (χ0) is 19.2. The Balaban J connectivity index is 1.56. The van der Waals surface area contributed by atoms with Crippen molar-refractivity contribution in [1.29, 1.82) is 0 Å². The van der Waals surface area contributed by atoms with Crippen LogP contribution < -0.4 is 15.5 Å². The average Bonchev–Trinajstić information content (AvgIpc) is 3.23. The first kappa shape index (κ1) is 19.8. The molecule has 3 N–H and O–H groups in total. The fraction of sp³-hybridized carbons (Fsp3) is 0.611. The summed E-state index contributed by atoms with van der Waals surface area (Å²) < 4.78 is 10.4. The summed E-state index contributed by atoms with van der Waals surface area (Å²) >= 11 is 1.36. The number of morpholine rings is 1. The number of amides is 2. The molecule has 0 unspecified atom stereocenters. The number of esters is 1. The Bertz CT molecular complexity index is 712. The SMILES string of the molecule is CCOC(=O)c1c(NC(=O)C(=O)NCC[NH+]2CCOCC2)sc2c1CCC2. The number of aryl methyl sites for hydroxylation is 1. The minimum absolute atomic E-state index is 0.265. The number of ether oxygens (including phenoxy) is 2. The van der Waals surface area contributed by atoms with Gasteiger partial charge in [-0.05, 0) is 31.7 Å². The van der Waals surface area contributed by atoms with Gasteiger partial charge < -0.3 is 25.0 Å². The van der Waals surface area contributed by atoms with Crippen molar-refractivity contribution in [3.63, 3.8) is 0 Å². The Morgan fingerprint density at radius 2 is 1.96 bits per heavy atom. The summed E-state index contributed by atoms with van der Waals surface area (Å²) in [5.41, 5.74) is 1.36. The normalized spacial score (nSPS) is 16.6. The van der Waals surface area contributed by atoms with E-state index in [9.17, 15) is 14.4 Å². The Morgan fingerprint density at radius 1 is 1.19 bits per heavy atom. The van der Waals surface area contributed by atoms with Gasteiger partial charge in [0, 0.05) is 4.88 Å². The standard InChI is InChI=1S/C18H25N3O5S/c1-2-26-18(24)14-12-4-3-5-13(12)27-17(14)20-16(23)15(22)19-6-7-21-8-10-25-11-9-21/h2-11H2,1H3,(H,19,22)(H,20,23)/p+1. The predicted octanol–water partition coefficient (Wildman–Crippen LogP) is -0.617. The van der Waals surface area contributed by atoms with Crippen LogP contribution in [0.15, 0.2) is 0 Å². The molecule has 8 nitrogen and oxygen atoms in total. The molecule has 1 aromatic heterocycles. The van der Waals surface area contributed by atoms with E-state index in [1.807, 2.05) is 0 Å². The molecule has 1 fully saturated rings. The molecular formula is C18H26N3O5S+. The Labute approximate surface area is 162 Å². The highest BCUT2D eigenvalue weighted by Gasteiger charge is 2.29. The van der Waals surface area contributed by atoms with Crippen molar-refractivity contribution in [2.75, 3.05) is 51.3 Å². The number of fused-ring (bicyclic) bond motifs is 1. The molecule has 0 bridgehead atoms. The van der Waals surface area contributed by atoms with Gasteiger partial charge in [-0.2, -0.15) is 0 Å². The first-order valence-electron chi connectivity index (χ1n) is 9.42. The number of rotatable bonds is 6. The molecule has 3 rings (SSSR count). The lowest BCUT2D eigenvalue weighted by Gasteiger charge is -2.23. The van der Waals surface area contributed by atoms with Gasteiger partial charge in [-0.15, -0.1) is 11.3 Å². The van der Waals surface area contributed by atoms with Crippen LogP contribution in [0.5, 0.6) is 0 Å². The summed E-state index contributed by atoms with van der Waals surface area (Å²) in [6.07, 6.45) is 2.67. The van der Waals surface area contributed by atoms with E-state index in [4.69, 9.17) is 9.47 Å². The molecule has 0 radical (unpaired) electrons. The summed E-state index contributed by atoms with van der Waals surface area (Å²) in [5.74, 6) is -1.88. The van der Waals surface area contributed by atoms with E-state index in [1.165, 1.54) is 16.2 Å². The number of anilines is 1. The van der Waals surface area contributed by atoms with Crippen molar-refractivity contribution in [3.05, 3.63) is 16.0 Å². The lowest BCUT2D eigenvalue weighted by Crippen LogP contribution is -3.14. The fourth-order valence-corrected chi connectivity index (χ4v) is 4.69. The van der Waals surface area contributed by atoms with Gasteiger partial charge in [0.05, 0.1) is 38.5 Å².